The Labute approximate surface area is 80.3 Å². The van der Waals surface area contributed by atoms with Crippen molar-refractivity contribution < 1.29 is 82.0 Å². The van der Waals surface area contributed by atoms with Crippen molar-refractivity contribution in [3.8, 4) is 0 Å². The summed E-state index contributed by atoms with van der Waals surface area (Å²) in [5, 5.41) is 0. The minimum atomic E-state index is 0. The molecule has 0 spiro atoms. The molecular formula is CeFeOW. The summed E-state index contributed by atoms with van der Waals surface area (Å²) in [6, 6.07) is 0. The maximum absolute atomic E-state index is 8.33. The molecule has 0 saturated carbocycles. The van der Waals surface area contributed by atoms with Gasteiger partial charge < -0.3 is 0 Å². The van der Waals surface area contributed by atoms with Gasteiger partial charge in [0.1, 0.15) is 0 Å². The van der Waals surface area contributed by atoms with Crippen LogP contribution in [0.1, 0.15) is 0 Å². The predicted octanol–water partition coefficient (Wildman–Crippen LogP) is -0.124. The average molecular weight is 396 g/mol. The second-order valence-corrected chi connectivity index (χ2v) is 0. The first-order valence-electron chi connectivity index (χ1n) is 0.167. The van der Waals surface area contributed by atoms with E-state index in [1.165, 1.54) is 0 Å². The summed E-state index contributed by atoms with van der Waals surface area (Å²) in [5.74, 6) is 0. The van der Waals surface area contributed by atoms with Gasteiger partial charge >= 0.3 is 23.2 Å². The van der Waals surface area contributed by atoms with Crippen LogP contribution in [0.4, 0.5) is 0 Å². The zero-order chi connectivity index (χ0) is 2.00. The van der Waals surface area contributed by atoms with Crippen LogP contribution in [0.3, 0.4) is 0 Å². The van der Waals surface area contributed by atoms with Gasteiger partial charge in [0.15, 0.2) is 0 Å². The zero-order valence-electron chi connectivity index (χ0n) is 1.67. The third kappa shape index (κ3) is 8.83. The second kappa shape index (κ2) is 18.2. The first-order valence-corrected chi connectivity index (χ1v) is 1.36. The third-order valence-corrected chi connectivity index (χ3v) is 0. The van der Waals surface area contributed by atoms with Crippen molar-refractivity contribution in [2.75, 3.05) is 0 Å². The van der Waals surface area contributed by atoms with Crippen LogP contribution in [0.25, 0.3) is 0 Å². The molecule has 0 bridgehead atoms. The molecule has 0 rings (SSSR count). The van der Waals surface area contributed by atoms with Gasteiger partial charge in [0.2, 0.25) is 0 Å². The molecule has 0 atom stereocenters. The molecule has 0 N–H and O–H groups in total. The van der Waals surface area contributed by atoms with Crippen molar-refractivity contribution in [2.45, 2.75) is 0 Å². The normalized spacial score (nSPS) is 1.00. The Hall–Kier alpha value is 2.38. The first-order chi connectivity index (χ1) is 1.00. The Morgan fingerprint density at radius 3 is 1.25 bits per heavy atom. The third-order valence-electron chi connectivity index (χ3n) is 0. The van der Waals surface area contributed by atoms with E-state index >= 15 is 0 Å². The van der Waals surface area contributed by atoms with Gasteiger partial charge in [-0.1, -0.05) is 0 Å². The van der Waals surface area contributed by atoms with Crippen LogP contribution in [0.15, 0.2) is 0 Å². The molecule has 0 aliphatic carbocycles. The standard InChI is InChI=1S/Ce.Fe.O.W. The van der Waals surface area contributed by atoms with E-state index < -0.39 is 0 Å². The van der Waals surface area contributed by atoms with E-state index in [1.807, 2.05) is 0 Å². The molecule has 4 heteroatoms. The van der Waals surface area contributed by atoms with Gasteiger partial charge in [-0.05, 0) is 0 Å². The Morgan fingerprint density at radius 2 is 1.25 bits per heavy atom. The summed E-state index contributed by atoms with van der Waals surface area (Å²) in [6.07, 6.45) is 0. The van der Waals surface area contributed by atoms with E-state index in [1.54, 1.807) is 0 Å². The molecule has 24 valence electrons. The van der Waals surface area contributed by atoms with E-state index in [4.69, 9.17) is 3.40 Å². The Morgan fingerprint density at radius 1 is 1.25 bits per heavy atom. The monoisotopic (exact) mass is 396 g/mol. The van der Waals surface area contributed by atoms with E-state index in [2.05, 4.69) is 0 Å². The molecule has 0 aromatic heterocycles. The van der Waals surface area contributed by atoms with Gasteiger partial charge in [-0.15, -0.1) is 0 Å². The molecule has 0 heterocycles. The fraction of sp³-hybridized carbons (Fsp3) is 0. The number of hydrogen-bond acceptors (Lipinski definition) is 1. The summed E-state index contributed by atoms with van der Waals surface area (Å²) >= 11 is 0.333. The minimum absolute atomic E-state index is 0. The summed E-state index contributed by atoms with van der Waals surface area (Å²) in [7, 11) is 0. The SMILES string of the molecule is [Ce].[Fe].[O]=[W]. The van der Waals surface area contributed by atoms with Crippen LogP contribution < -0.4 is 0 Å². The second-order valence-electron chi connectivity index (χ2n) is 0. The van der Waals surface area contributed by atoms with E-state index in [0.29, 0.717) is 19.8 Å². The topological polar surface area (TPSA) is 17.1 Å². The van der Waals surface area contributed by atoms with Crippen molar-refractivity contribution >= 4 is 0 Å². The summed E-state index contributed by atoms with van der Waals surface area (Å²) < 4.78 is 8.33. The number of rotatable bonds is 0. The Balaban J connectivity index is -0.00000000500. The zero-order valence-corrected chi connectivity index (χ0v) is 8.85. The van der Waals surface area contributed by atoms with Crippen LogP contribution >= 0.6 is 0 Å². The molecular weight excluding hydrogens is 396 g/mol. The van der Waals surface area contributed by atoms with Crippen LogP contribution in [-0.4, -0.2) is 0 Å². The molecule has 0 aliphatic heterocycles. The molecule has 0 aromatic carbocycles. The molecule has 0 fully saturated rings. The van der Waals surface area contributed by atoms with Crippen molar-refractivity contribution in [3.63, 3.8) is 0 Å². The van der Waals surface area contributed by atoms with Gasteiger partial charge in [0.25, 0.3) is 0 Å². The van der Waals surface area contributed by atoms with E-state index in [-0.39, 0.29) is 58.8 Å². The van der Waals surface area contributed by atoms with E-state index in [9.17, 15) is 0 Å². The van der Waals surface area contributed by atoms with Crippen molar-refractivity contribution in [1.29, 1.82) is 0 Å². The van der Waals surface area contributed by atoms with Gasteiger partial charge in [-0.25, -0.2) is 0 Å². The van der Waals surface area contributed by atoms with Crippen LogP contribution in [0, 0.1) is 41.7 Å². The average Bonchev–Trinajstić information content (AvgIpc) is 1.00. The van der Waals surface area contributed by atoms with Crippen LogP contribution in [0.5, 0.6) is 0 Å². The van der Waals surface area contributed by atoms with Gasteiger partial charge in [-0.2, -0.15) is 0 Å². The molecule has 0 amide bonds. The maximum atomic E-state index is 8.33. The van der Waals surface area contributed by atoms with Crippen LogP contribution in [-0.2, 0) is 40.2 Å². The number of hydrogen-bond donors (Lipinski definition) is 0. The first kappa shape index (κ1) is 16.2. The molecule has 0 unspecified atom stereocenters. The summed E-state index contributed by atoms with van der Waals surface area (Å²) in [4.78, 5) is 0. The van der Waals surface area contributed by atoms with Gasteiger partial charge in [0.05, 0.1) is 0 Å². The fourth-order valence-corrected chi connectivity index (χ4v) is 0. The van der Waals surface area contributed by atoms with Crippen LogP contribution in [0.2, 0.25) is 0 Å². The van der Waals surface area contributed by atoms with Gasteiger partial charge in [0, 0.05) is 58.8 Å². The fourth-order valence-electron chi connectivity index (χ4n) is 0. The van der Waals surface area contributed by atoms with Crippen molar-refractivity contribution in [3.05, 3.63) is 0 Å². The molecule has 0 aromatic rings. The van der Waals surface area contributed by atoms with Crippen molar-refractivity contribution in [2.24, 2.45) is 0 Å². The summed E-state index contributed by atoms with van der Waals surface area (Å²) in [5.41, 5.74) is 0. The quantitative estimate of drug-likeness (QED) is 0.523. The van der Waals surface area contributed by atoms with Gasteiger partial charge in [-0.3, -0.25) is 0 Å². The van der Waals surface area contributed by atoms with E-state index in [0.717, 1.165) is 0 Å². The molecule has 0 radical (unpaired) electrons. The predicted molar refractivity (Wildman–Crippen MR) is 0.686 cm³/mol. The van der Waals surface area contributed by atoms with Crippen molar-refractivity contribution in [1.82, 2.24) is 0 Å². The Kier molecular flexibility index (Phi) is 73.5. The molecule has 4 heavy (non-hydrogen) atoms. The molecule has 0 saturated heterocycles. The molecule has 0 aliphatic rings. The molecule has 1 nitrogen and oxygen atoms in total. The Bertz CT molecular complexity index is 8.00. The summed E-state index contributed by atoms with van der Waals surface area (Å²) in [6.45, 7) is 0.